The molecule has 1 N–H and O–H groups in total. The molecule has 0 saturated carbocycles. The van der Waals surface area contributed by atoms with Gasteiger partial charge < -0.3 is 5.32 Å². The van der Waals surface area contributed by atoms with E-state index < -0.39 is 0 Å². The van der Waals surface area contributed by atoms with Crippen LogP contribution in [0.3, 0.4) is 0 Å². The van der Waals surface area contributed by atoms with Crippen LogP contribution in [-0.4, -0.2) is 12.5 Å². The summed E-state index contributed by atoms with van der Waals surface area (Å²) in [5, 5.41) is 4.81. The van der Waals surface area contributed by atoms with Crippen LogP contribution in [-0.2, 0) is 6.42 Å². The lowest BCUT2D eigenvalue weighted by Crippen LogP contribution is -2.24. The van der Waals surface area contributed by atoms with Gasteiger partial charge in [-0.2, -0.15) is 0 Å². The molecule has 0 aliphatic rings. The van der Waals surface area contributed by atoms with Crippen molar-refractivity contribution >= 4 is 44.5 Å². The zero-order valence-corrected chi connectivity index (χ0v) is 11.6. The molecule has 0 bridgehead atoms. The molecule has 16 heavy (non-hydrogen) atoms. The molecule has 0 atom stereocenters. The quantitative estimate of drug-likeness (QED) is 0.918. The largest absolute Gasteiger partial charge is 0.351 e. The molecule has 2 heterocycles. The molecule has 0 spiro atoms. The lowest BCUT2D eigenvalue weighted by molar-refractivity contribution is 0.0958. The van der Waals surface area contributed by atoms with Crippen molar-refractivity contribution in [3.05, 3.63) is 43.2 Å². The average molecular weight is 316 g/mol. The highest BCUT2D eigenvalue weighted by molar-refractivity contribution is 9.11. The van der Waals surface area contributed by atoms with Gasteiger partial charge in [0.25, 0.3) is 5.91 Å². The smallest absolute Gasteiger partial charge is 0.261 e. The summed E-state index contributed by atoms with van der Waals surface area (Å²) >= 11 is 6.59. The monoisotopic (exact) mass is 315 g/mol. The minimum atomic E-state index is 0.0191. The van der Waals surface area contributed by atoms with Crippen molar-refractivity contribution in [1.29, 1.82) is 0 Å². The van der Waals surface area contributed by atoms with Gasteiger partial charge in [0.1, 0.15) is 0 Å². The maximum atomic E-state index is 11.6. The fraction of sp³-hybridized carbons (Fsp3) is 0.182. The summed E-state index contributed by atoms with van der Waals surface area (Å²) in [6.07, 6.45) is 0.882. The lowest BCUT2D eigenvalue weighted by Gasteiger charge is -2.01. The molecule has 5 heteroatoms. The summed E-state index contributed by atoms with van der Waals surface area (Å²) in [6.45, 7) is 0.684. The number of halogens is 1. The van der Waals surface area contributed by atoms with Gasteiger partial charge in [0.2, 0.25) is 0 Å². The minimum absolute atomic E-state index is 0.0191. The predicted molar refractivity (Wildman–Crippen MR) is 72.4 cm³/mol. The second-order valence-electron chi connectivity index (χ2n) is 3.19. The van der Waals surface area contributed by atoms with Crippen molar-refractivity contribution in [2.45, 2.75) is 6.42 Å². The van der Waals surface area contributed by atoms with Gasteiger partial charge in [0, 0.05) is 11.4 Å². The first kappa shape index (κ1) is 11.8. The van der Waals surface area contributed by atoms with Crippen LogP contribution in [0.5, 0.6) is 0 Å². The summed E-state index contributed by atoms with van der Waals surface area (Å²) in [5.74, 6) is 0.0191. The normalized spacial score (nSPS) is 10.3. The van der Waals surface area contributed by atoms with E-state index in [9.17, 15) is 4.79 Å². The van der Waals surface area contributed by atoms with Crippen LogP contribution in [0.2, 0.25) is 0 Å². The van der Waals surface area contributed by atoms with Gasteiger partial charge in [0.15, 0.2) is 0 Å². The van der Waals surface area contributed by atoms with E-state index in [1.807, 2.05) is 23.6 Å². The van der Waals surface area contributed by atoms with Gasteiger partial charge >= 0.3 is 0 Å². The Kier molecular flexibility index (Phi) is 4.15. The topological polar surface area (TPSA) is 29.1 Å². The summed E-state index contributed by atoms with van der Waals surface area (Å²) in [5.41, 5.74) is 0. The van der Waals surface area contributed by atoms with Gasteiger partial charge in [-0.25, -0.2) is 0 Å². The van der Waals surface area contributed by atoms with Crippen LogP contribution in [0.15, 0.2) is 33.4 Å². The van der Waals surface area contributed by atoms with Crippen LogP contribution in [0.4, 0.5) is 0 Å². The van der Waals surface area contributed by atoms with Crippen molar-refractivity contribution in [2.75, 3.05) is 6.54 Å². The number of carbonyl (C=O) groups excluding carboxylic acids is 1. The third-order valence-electron chi connectivity index (χ3n) is 2.03. The predicted octanol–water partition coefficient (Wildman–Crippen LogP) is 3.54. The van der Waals surface area contributed by atoms with E-state index in [4.69, 9.17) is 0 Å². The Morgan fingerprint density at radius 2 is 2.25 bits per heavy atom. The molecule has 0 radical (unpaired) electrons. The SMILES string of the molecule is O=C(NCCc1ccc(Br)s1)c1cccs1. The van der Waals surface area contributed by atoms with Crippen molar-refractivity contribution < 1.29 is 4.79 Å². The van der Waals surface area contributed by atoms with E-state index in [0.717, 1.165) is 15.1 Å². The Hall–Kier alpha value is -0.650. The molecule has 0 aliphatic heterocycles. The van der Waals surface area contributed by atoms with E-state index in [0.29, 0.717) is 6.54 Å². The maximum Gasteiger partial charge on any atom is 0.261 e. The maximum absolute atomic E-state index is 11.6. The van der Waals surface area contributed by atoms with Crippen LogP contribution in [0.25, 0.3) is 0 Å². The summed E-state index contributed by atoms with van der Waals surface area (Å²) in [4.78, 5) is 13.6. The van der Waals surface area contributed by atoms with E-state index >= 15 is 0 Å². The molecule has 0 aliphatic carbocycles. The number of thiophene rings is 2. The zero-order valence-electron chi connectivity index (χ0n) is 8.40. The molecular formula is C11H10BrNOS2. The number of rotatable bonds is 4. The molecule has 2 aromatic heterocycles. The Labute approximate surface area is 110 Å². The first-order chi connectivity index (χ1) is 7.75. The van der Waals surface area contributed by atoms with E-state index in [1.165, 1.54) is 16.2 Å². The fourth-order valence-electron chi connectivity index (χ4n) is 1.28. The minimum Gasteiger partial charge on any atom is -0.351 e. The number of nitrogens with one attached hydrogen (secondary N) is 1. The highest BCUT2D eigenvalue weighted by Crippen LogP contribution is 2.22. The highest BCUT2D eigenvalue weighted by atomic mass is 79.9. The standard InChI is InChI=1S/C11H10BrNOS2/c12-10-4-3-8(16-10)5-6-13-11(14)9-2-1-7-15-9/h1-4,7H,5-6H2,(H,13,14). The molecule has 2 rings (SSSR count). The third-order valence-corrected chi connectivity index (χ3v) is 4.58. The Bertz CT molecular complexity index is 464. The van der Waals surface area contributed by atoms with Crippen molar-refractivity contribution in [3.63, 3.8) is 0 Å². The molecule has 0 aromatic carbocycles. The van der Waals surface area contributed by atoms with Crippen LogP contribution < -0.4 is 5.32 Å². The van der Waals surface area contributed by atoms with Gasteiger partial charge in [-0.05, 0) is 45.9 Å². The summed E-state index contributed by atoms with van der Waals surface area (Å²) < 4.78 is 1.13. The van der Waals surface area contributed by atoms with E-state index in [-0.39, 0.29) is 5.91 Å². The van der Waals surface area contributed by atoms with Crippen molar-refractivity contribution in [2.24, 2.45) is 0 Å². The van der Waals surface area contributed by atoms with Crippen LogP contribution in [0, 0.1) is 0 Å². The number of hydrogen-bond acceptors (Lipinski definition) is 3. The molecule has 84 valence electrons. The summed E-state index contributed by atoms with van der Waals surface area (Å²) in [7, 11) is 0. The average Bonchev–Trinajstić information content (AvgIpc) is 2.89. The highest BCUT2D eigenvalue weighted by Gasteiger charge is 2.05. The molecule has 0 fully saturated rings. The zero-order chi connectivity index (χ0) is 11.4. The fourth-order valence-corrected chi connectivity index (χ4v) is 3.40. The number of hydrogen-bond donors (Lipinski definition) is 1. The third kappa shape index (κ3) is 3.17. The van der Waals surface area contributed by atoms with Crippen LogP contribution >= 0.6 is 38.6 Å². The molecule has 2 nitrogen and oxygen atoms in total. The van der Waals surface area contributed by atoms with Crippen LogP contribution in [0.1, 0.15) is 14.5 Å². The second-order valence-corrected chi connectivity index (χ2v) is 6.68. The van der Waals surface area contributed by atoms with Gasteiger partial charge in [-0.15, -0.1) is 22.7 Å². The van der Waals surface area contributed by atoms with E-state index in [2.05, 4.69) is 27.3 Å². The Balaban J connectivity index is 1.78. The number of amides is 1. The molecule has 1 amide bonds. The lowest BCUT2D eigenvalue weighted by atomic mass is 10.3. The molecular weight excluding hydrogens is 306 g/mol. The van der Waals surface area contributed by atoms with E-state index in [1.54, 1.807) is 11.3 Å². The molecule has 0 saturated heterocycles. The first-order valence-electron chi connectivity index (χ1n) is 4.81. The number of carbonyl (C=O) groups is 1. The Morgan fingerprint density at radius 1 is 1.38 bits per heavy atom. The second kappa shape index (κ2) is 5.61. The van der Waals surface area contributed by atoms with Crippen molar-refractivity contribution in [3.8, 4) is 0 Å². The van der Waals surface area contributed by atoms with Crippen molar-refractivity contribution in [1.82, 2.24) is 5.32 Å². The van der Waals surface area contributed by atoms with Gasteiger partial charge in [-0.3, -0.25) is 4.79 Å². The molecule has 2 aromatic rings. The Morgan fingerprint density at radius 3 is 2.88 bits per heavy atom. The first-order valence-corrected chi connectivity index (χ1v) is 7.30. The van der Waals surface area contributed by atoms with Gasteiger partial charge in [0.05, 0.1) is 8.66 Å². The summed E-state index contributed by atoms with van der Waals surface area (Å²) in [6, 6.07) is 7.82. The van der Waals surface area contributed by atoms with Gasteiger partial charge in [-0.1, -0.05) is 6.07 Å². The molecule has 0 unspecified atom stereocenters.